The van der Waals surface area contributed by atoms with Gasteiger partial charge in [0.25, 0.3) is 6.43 Å². The number of halogens is 8. The van der Waals surface area contributed by atoms with Crippen molar-refractivity contribution in [3.05, 3.63) is 34.9 Å². The molecule has 9 heteroatoms. The standard InChI is InChI=1S/C10H7F8N/c11-8(12)7(19)5-3-4(9(13,14)15)1-2-6(5)10(16,17)18/h1-3,7-8H,19H2/t7-/m1/s1. The van der Waals surface area contributed by atoms with Gasteiger partial charge < -0.3 is 5.73 Å². The minimum Gasteiger partial charge on any atom is -0.319 e. The maximum atomic E-state index is 12.5. The molecule has 0 radical (unpaired) electrons. The molecule has 0 amide bonds. The number of nitrogens with two attached hydrogens (primary N) is 1. The fourth-order valence-electron chi connectivity index (χ4n) is 1.41. The van der Waals surface area contributed by atoms with Crippen LogP contribution in [0.1, 0.15) is 22.7 Å². The second-order valence-corrected chi connectivity index (χ2v) is 3.66. The zero-order chi connectivity index (χ0) is 15.0. The average molecular weight is 293 g/mol. The first kappa shape index (κ1) is 15.7. The Bertz CT molecular complexity index is 448. The minimum atomic E-state index is -5.06. The van der Waals surface area contributed by atoms with Crippen LogP contribution < -0.4 is 5.73 Å². The predicted molar refractivity (Wildman–Crippen MR) is 49.4 cm³/mol. The highest BCUT2D eigenvalue weighted by atomic mass is 19.4. The van der Waals surface area contributed by atoms with Crippen LogP contribution in [0, 0.1) is 0 Å². The second kappa shape index (κ2) is 4.95. The monoisotopic (exact) mass is 293 g/mol. The lowest BCUT2D eigenvalue weighted by atomic mass is 9.97. The summed E-state index contributed by atoms with van der Waals surface area (Å²) in [7, 11) is 0. The highest BCUT2D eigenvalue weighted by Gasteiger charge is 2.39. The van der Waals surface area contributed by atoms with E-state index in [1.807, 2.05) is 0 Å². The topological polar surface area (TPSA) is 26.0 Å². The predicted octanol–water partition coefficient (Wildman–Crippen LogP) is 3.99. The van der Waals surface area contributed by atoms with Crippen LogP contribution in [0.5, 0.6) is 0 Å². The van der Waals surface area contributed by atoms with Crippen molar-refractivity contribution in [3.8, 4) is 0 Å². The molecule has 0 unspecified atom stereocenters. The van der Waals surface area contributed by atoms with Crippen molar-refractivity contribution in [1.29, 1.82) is 0 Å². The van der Waals surface area contributed by atoms with Crippen molar-refractivity contribution in [3.63, 3.8) is 0 Å². The smallest absolute Gasteiger partial charge is 0.319 e. The van der Waals surface area contributed by atoms with Crippen molar-refractivity contribution in [1.82, 2.24) is 0 Å². The lowest BCUT2D eigenvalue weighted by Gasteiger charge is -2.19. The van der Waals surface area contributed by atoms with Gasteiger partial charge >= 0.3 is 12.4 Å². The Balaban J connectivity index is 3.44. The molecule has 2 N–H and O–H groups in total. The molecule has 1 aromatic rings. The molecule has 108 valence electrons. The summed E-state index contributed by atoms with van der Waals surface area (Å²) >= 11 is 0. The Morgan fingerprint density at radius 3 is 1.79 bits per heavy atom. The Hall–Kier alpha value is -1.38. The van der Waals surface area contributed by atoms with Crippen LogP contribution in [0.2, 0.25) is 0 Å². The lowest BCUT2D eigenvalue weighted by Crippen LogP contribution is -2.24. The Morgan fingerprint density at radius 1 is 0.895 bits per heavy atom. The Kier molecular flexibility index (Phi) is 4.08. The summed E-state index contributed by atoms with van der Waals surface area (Å²) in [6, 6.07) is -2.18. The average Bonchev–Trinajstić information content (AvgIpc) is 2.24. The summed E-state index contributed by atoms with van der Waals surface area (Å²) in [5.74, 6) is 0. The van der Waals surface area contributed by atoms with Gasteiger partial charge in [0, 0.05) is 0 Å². The minimum absolute atomic E-state index is 0.000347. The van der Waals surface area contributed by atoms with Gasteiger partial charge in [-0.1, -0.05) is 0 Å². The molecular weight excluding hydrogens is 286 g/mol. The van der Waals surface area contributed by atoms with Gasteiger partial charge in [-0.2, -0.15) is 26.3 Å². The maximum absolute atomic E-state index is 12.5. The molecule has 0 saturated heterocycles. The maximum Gasteiger partial charge on any atom is 0.416 e. The Labute approximate surface area is 102 Å². The molecule has 0 spiro atoms. The molecule has 1 atom stereocenters. The quantitative estimate of drug-likeness (QED) is 0.820. The van der Waals surface area contributed by atoms with E-state index < -0.39 is 41.5 Å². The molecule has 0 bridgehead atoms. The third kappa shape index (κ3) is 3.55. The van der Waals surface area contributed by atoms with E-state index in [4.69, 9.17) is 5.73 Å². The van der Waals surface area contributed by atoms with Crippen molar-refractivity contribution < 1.29 is 35.1 Å². The van der Waals surface area contributed by atoms with Gasteiger partial charge in [0.1, 0.15) is 0 Å². The molecule has 0 aromatic heterocycles. The van der Waals surface area contributed by atoms with Crippen LogP contribution in [-0.2, 0) is 12.4 Å². The molecule has 19 heavy (non-hydrogen) atoms. The van der Waals surface area contributed by atoms with Gasteiger partial charge in [-0.15, -0.1) is 0 Å². The van der Waals surface area contributed by atoms with E-state index in [1.54, 1.807) is 0 Å². The van der Waals surface area contributed by atoms with Crippen LogP contribution >= 0.6 is 0 Å². The van der Waals surface area contributed by atoms with Crippen LogP contribution in [-0.4, -0.2) is 6.43 Å². The highest BCUT2D eigenvalue weighted by molar-refractivity contribution is 5.37. The summed E-state index contributed by atoms with van der Waals surface area (Å²) in [6.07, 6.45) is -13.4. The number of rotatable bonds is 2. The first-order chi connectivity index (χ1) is 8.44. The van der Waals surface area contributed by atoms with Crippen molar-refractivity contribution in [2.45, 2.75) is 24.8 Å². The van der Waals surface area contributed by atoms with Crippen LogP contribution in [0.25, 0.3) is 0 Å². The molecule has 0 fully saturated rings. The summed E-state index contributed by atoms with van der Waals surface area (Å²) in [5.41, 5.74) is 0.480. The second-order valence-electron chi connectivity index (χ2n) is 3.66. The van der Waals surface area contributed by atoms with E-state index in [0.29, 0.717) is 0 Å². The van der Waals surface area contributed by atoms with Crippen molar-refractivity contribution >= 4 is 0 Å². The molecule has 1 rings (SSSR count). The lowest BCUT2D eigenvalue weighted by molar-refractivity contribution is -0.142. The van der Waals surface area contributed by atoms with Gasteiger partial charge in [0.05, 0.1) is 17.2 Å². The van der Waals surface area contributed by atoms with Crippen molar-refractivity contribution in [2.24, 2.45) is 5.73 Å². The van der Waals surface area contributed by atoms with E-state index in [1.165, 1.54) is 0 Å². The summed E-state index contributed by atoms with van der Waals surface area (Å²) < 4.78 is 99.3. The number of benzene rings is 1. The first-order valence-corrected chi connectivity index (χ1v) is 4.76. The molecule has 0 aliphatic rings. The van der Waals surface area contributed by atoms with Crippen LogP contribution in [0.15, 0.2) is 18.2 Å². The zero-order valence-corrected chi connectivity index (χ0v) is 8.99. The van der Waals surface area contributed by atoms with E-state index in [0.717, 1.165) is 0 Å². The van der Waals surface area contributed by atoms with E-state index in [2.05, 4.69) is 0 Å². The fourth-order valence-corrected chi connectivity index (χ4v) is 1.41. The molecule has 0 saturated carbocycles. The molecule has 0 aliphatic carbocycles. The van der Waals surface area contributed by atoms with Gasteiger partial charge in [-0.25, -0.2) is 8.78 Å². The van der Waals surface area contributed by atoms with Crippen LogP contribution in [0.3, 0.4) is 0 Å². The van der Waals surface area contributed by atoms with Gasteiger partial charge in [0.15, 0.2) is 0 Å². The van der Waals surface area contributed by atoms with Gasteiger partial charge in [-0.3, -0.25) is 0 Å². The molecule has 1 aromatic carbocycles. The summed E-state index contributed by atoms with van der Waals surface area (Å²) in [6.45, 7) is 0. The number of hydrogen-bond donors (Lipinski definition) is 1. The van der Waals surface area contributed by atoms with E-state index in [9.17, 15) is 35.1 Å². The molecule has 1 nitrogen and oxygen atoms in total. The SMILES string of the molecule is N[C@H](c1cc(C(F)(F)F)ccc1C(F)(F)F)C(F)F. The van der Waals surface area contributed by atoms with Gasteiger partial charge in [-0.05, 0) is 23.8 Å². The van der Waals surface area contributed by atoms with Gasteiger partial charge in [0.2, 0.25) is 0 Å². The fraction of sp³-hybridized carbons (Fsp3) is 0.400. The Morgan fingerprint density at radius 2 is 1.42 bits per heavy atom. The highest BCUT2D eigenvalue weighted by Crippen LogP contribution is 2.39. The zero-order valence-electron chi connectivity index (χ0n) is 8.99. The van der Waals surface area contributed by atoms with E-state index >= 15 is 0 Å². The third-order valence-electron chi connectivity index (χ3n) is 2.31. The molecule has 0 aliphatic heterocycles. The normalized spacial score (nSPS) is 14.8. The number of hydrogen-bond acceptors (Lipinski definition) is 1. The molecular formula is C10H7F8N. The molecule has 0 heterocycles. The third-order valence-corrected chi connectivity index (χ3v) is 2.31. The summed E-state index contributed by atoms with van der Waals surface area (Å²) in [4.78, 5) is 0. The van der Waals surface area contributed by atoms with Crippen LogP contribution in [0.4, 0.5) is 35.1 Å². The summed E-state index contributed by atoms with van der Waals surface area (Å²) in [5, 5.41) is 0. The van der Waals surface area contributed by atoms with Crippen molar-refractivity contribution in [2.75, 3.05) is 0 Å². The number of alkyl halides is 8. The first-order valence-electron chi connectivity index (χ1n) is 4.76. The van der Waals surface area contributed by atoms with E-state index in [-0.39, 0.29) is 18.2 Å². The largest absolute Gasteiger partial charge is 0.416 e.